The number of hydrogen-bond donors (Lipinski definition) is 2. The fourth-order valence-electron chi connectivity index (χ4n) is 2.79. The van der Waals surface area contributed by atoms with Crippen molar-refractivity contribution < 1.29 is 19.1 Å². The third kappa shape index (κ3) is 3.35. The van der Waals surface area contributed by atoms with Crippen LogP contribution < -0.4 is 4.74 Å². The largest absolute Gasteiger partial charge is 0.474 e. The highest BCUT2D eigenvalue weighted by Gasteiger charge is 2.46. The van der Waals surface area contributed by atoms with Gasteiger partial charge in [0.05, 0.1) is 15.8 Å². The monoisotopic (exact) mass is 377 g/mol. The Kier molecular flexibility index (Phi) is 4.98. The Morgan fingerprint density at radius 2 is 1.72 bits per heavy atom. The van der Waals surface area contributed by atoms with Crippen molar-refractivity contribution in [1.82, 2.24) is 4.98 Å². The standard InChI is InChI=1S/C18H20NO4PS/c1-3-18(4-2,24(20,21)22)23-15-11-7-5-9-13(15)17-19-14-10-6-8-12-16(14)25-17/h5-12H,3-4H2,1-2H3,(H2,20,21,22). The van der Waals surface area contributed by atoms with Gasteiger partial charge in [0.15, 0.2) is 0 Å². The summed E-state index contributed by atoms with van der Waals surface area (Å²) in [6.07, 6.45) is 0.421. The van der Waals surface area contributed by atoms with Gasteiger partial charge in [-0.15, -0.1) is 11.3 Å². The van der Waals surface area contributed by atoms with Crippen LogP contribution in [0, 0.1) is 0 Å². The molecule has 0 aliphatic rings. The number of benzene rings is 2. The molecule has 0 saturated carbocycles. The summed E-state index contributed by atoms with van der Waals surface area (Å²) < 4.78 is 19.1. The van der Waals surface area contributed by atoms with Crippen molar-refractivity contribution in [2.24, 2.45) is 0 Å². The Labute approximate surface area is 150 Å². The zero-order chi connectivity index (χ0) is 18.1. The fourth-order valence-corrected chi connectivity index (χ4v) is 4.83. The summed E-state index contributed by atoms with van der Waals surface area (Å²) >= 11 is 1.53. The average molecular weight is 377 g/mol. The number of nitrogens with zero attached hydrogens (tertiary/aromatic N) is 1. The molecular weight excluding hydrogens is 357 g/mol. The smallest absolute Gasteiger partial charge is 0.368 e. The van der Waals surface area contributed by atoms with Gasteiger partial charge in [-0.3, -0.25) is 4.57 Å². The minimum atomic E-state index is -4.45. The van der Waals surface area contributed by atoms with E-state index in [-0.39, 0.29) is 12.8 Å². The number of para-hydroxylation sites is 2. The summed E-state index contributed by atoms with van der Waals surface area (Å²) in [7, 11) is -4.45. The first-order valence-corrected chi connectivity index (χ1v) is 10.5. The highest BCUT2D eigenvalue weighted by molar-refractivity contribution is 7.53. The van der Waals surface area contributed by atoms with Crippen LogP contribution in [0.5, 0.6) is 5.75 Å². The lowest BCUT2D eigenvalue weighted by atomic mass is 10.1. The third-order valence-electron chi connectivity index (χ3n) is 4.35. The quantitative estimate of drug-likeness (QED) is 0.589. The minimum Gasteiger partial charge on any atom is -0.474 e. The van der Waals surface area contributed by atoms with Crippen LogP contribution in [0.15, 0.2) is 48.5 Å². The molecule has 132 valence electrons. The first-order chi connectivity index (χ1) is 11.9. The van der Waals surface area contributed by atoms with Gasteiger partial charge in [-0.05, 0) is 37.1 Å². The highest BCUT2D eigenvalue weighted by atomic mass is 32.1. The first-order valence-electron chi connectivity index (χ1n) is 8.10. The molecule has 3 aromatic rings. The molecular formula is C18H20NO4PS. The van der Waals surface area contributed by atoms with E-state index in [0.717, 1.165) is 20.8 Å². The zero-order valence-electron chi connectivity index (χ0n) is 14.0. The summed E-state index contributed by atoms with van der Waals surface area (Å²) in [5.74, 6) is 0.439. The van der Waals surface area contributed by atoms with Gasteiger partial charge in [0, 0.05) is 0 Å². The Balaban J connectivity index is 2.08. The molecule has 0 aliphatic carbocycles. The second-order valence-electron chi connectivity index (χ2n) is 5.78. The van der Waals surface area contributed by atoms with Crippen molar-refractivity contribution in [3.8, 4) is 16.3 Å². The Bertz CT molecular complexity index is 896. The number of rotatable bonds is 6. The van der Waals surface area contributed by atoms with Crippen LogP contribution in [0.1, 0.15) is 26.7 Å². The van der Waals surface area contributed by atoms with Crippen molar-refractivity contribution in [3.05, 3.63) is 48.5 Å². The van der Waals surface area contributed by atoms with Crippen LogP contribution in [0.4, 0.5) is 0 Å². The molecule has 1 aromatic heterocycles. The number of ether oxygens (including phenoxy) is 1. The SMILES string of the molecule is CCC(CC)(Oc1ccccc1-c1nc2ccccc2s1)P(=O)(O)O. The fraction of sp³-hybridized carbons (Fsp3) is 0.278. The van der Waals surface area contributed by atoms with Crippen LogP contribution in [0.3, 0.4) is 0 Å². The maximum absolute atomic E-state index is 12.1. The van der Waals surface area contributed by atoms with Gasteiger partial charge in [0.1, 0.15) is 10.8 Å². The van der Waals surface area contributed by atoms with E-state index in [0.29, 0.717) is 5.75 Å². The van der Waals surface area contributed by atoms with E-state index in [9.17, 15) is 14.4 Å². The van der Waals surface area contributed by atoms with Gasteiger partial charge in [0.2, 0.25) is 5.34 Å². The normalized spacial score (nSPS) is 12.5. The number of thiazole rings is 1. The maximum atomic E-state index is 12.1. The summed E-state index contributed by atoms with van der Waals surface area (Å²) in [5, 5.41) is -0.761. The molecule has 0 bridgehead atoms. The van der Waals surface area contributed by atoms with E-state index < -0.39 is 12.9 Å². The van der Waals surface area contributed by atoms with Gasteiger partial charge < -0.3 is 14.5 Å². The Hall–Kier alpha value is -1.72. The van der Waals surface area contributed by atoms with Gasteiger partial charge in [-0.1, -0.05) is 38.1 Å². The van der Waals surface area contributed by atoms with Crippen LogP contribution >= 0.6 is 18.9 Å². The average Bonchev–Trinajstić information content (AvgIpc) is 3.03. The molecule has 2 aromatic carbocycles. The molecule has 0 spiro atoms. The molecule has 0 fully saturated rings. The van der Waals surface area contributed by atoms with Crippen molar-refractivity contribution >= 4 is 29.1 Å². The van der Waals surface area contributed by atoms with Crippen molar-refractivity contribution in [2.75, 3.05) is 0 Å². The Morgan fingerprint density at radius 1 is 1.08 bits per heavy atom. The minimum absolute atomic E-state index is 0.210. The molecule has 1 heterocycles. The maximum Gasteiger partial charge on any atom is 0.368 e. The predicted octanol–water partition coefficient (Wildman–Crippen LogP) is 5.04. The third-order valence-corrected chi connectivity index (χ3v) is 7.20. The number of hydrogen-bond acceptors (Lipinski definition) is 4. The van der Waals surface area contributed by atoms with Gasteiger partial charge in [0.25, 0.3) is 0 Å². The second-order valence-corrected chi connectivity index (χ2v) is 8.72. The summed E-state index contributed by atoms with van der Waals surface area (Å²) in [5.41, 5.74) is 1.63. The first kappa shape index (κ1) is 18.1. The molecule has 0 aliphatic heterocycles. The zero-order valence-corrected chi connectivity index (χ0v) is 15.8. The molecule has 25 heavy (non-hydrogen) atoms. The summed E-state index contributed by atoms with van der Waals surface area (Å²) in [6, 6.07) is 15.1. The summed E-state index contributed by atoms with van der Waals surface area (Å²) in [4.78, 5) is 24.3. The van der Waals surface area contributed by atoms with E-state index in [2.05, 4.69) is 4.98 Å². The summed E-state index contributed by atoms with van der Waals surface area (Å²) in [6.45, 7) is 3.45. The molecule has 7 heteroatoms. The second kappa shape index (κ2) is 6.89. The van der Waals surface area contributed by atoms with Crippen LogP contribution in [-0.4, -0.2) is 20.1 Å². The molecule has 0 atom stereocenters. The van der Waals surface area contributed by atoms with E-state index in [1.165, 1.54) is 11.3 Å². The van der Waals surface area contributed by atoms with Gasteiger partial charge >= 0.3 is 7.60 Å². The van der Waals surface area contributed by atoms with E-state index in [4.69, 9.17) is 4.74 Å². The molecule has 0 saturated heterocycles. The van der Waals surface area contributed by atoms with E-state index in [1.807, 2.05) is 36.4 Å². The highest BCUT2D eigenvalue weighted by Crippen LogP contribution is 2.55. The van der Waals surface area contributed by atoms with Crippen molar-refractivity contribution in [1.29, 1.82) is 0 Å². The van der Waals surface area contributed by atoms with Gasteiger partial charge in [-0.25, -0.2) is 4.98 Å². The van der Waals surface area contributed by atoms with Gasteiger partial charge in [-0.2, -0.15) is 0 Å². The van der Waals surface area contributed by atoms with E-state index in [1.54, 1.807) is 26.0 Å². The van der Waals surface area contributed by atoms with E-state index >= 15 is 0 Å². The lowest BCUT2D eigenvalue weighted by Gasteiger charge is -2.33. The molecule has 3 rings (SSSR count). The lowest BCUT2D eigenvalue weighted by molar-refractivity contribution is 0.109. The topological polar surface area (TPSA) is 79.7 Å². The van der Waals surface area contributed by atoms with Crippen LogP contribution in [0.25, 0.3) is 20.8 Å². The number of aromatic nitrogens is 1. The van der Waals surface area contributed by atoms with Crippen LogP contribution in [0.2, 0.25) is 0 Å². The number of fused-ring (bicyclic) bond motifs is 1. The molecule has 5 nitrogen and oxygen atoms in total. The Morgan fingerprint density at radius 3 is 2.36 bits per heavy atom. The van der Waals surface area contributed by atoms with Crippen molar-refractivity contribution in [2.45, 2.75) is 32.0 Å². The lowest BCUT2D eigenvalue weighted by Crippen LogP contribution is -2.34. The van der Waals surface area contributed by atoms with Crippen LogP contribution in [-0.2, 0) is 4.57 Å². The molecule has 0 amide bonds. The van der Waals surface area contributed by atoms with Crippen molar-refractivity contribution in [3.63, 3.8) is 0 Å². The molecule has 0 unspecified atom stereocenters. The predicted molar refractivity (Wildman–Crippen MR) is 101 cm³/mol. The molecule has 2 N–H and O–H groups in total. The molecule has 0 radical (unpaired) electrons.